The van der Waals surface area contributed by atoms with E-state index < -0.39 is 35.7 Å². The van der Waals surface area contributed by atoms with E-state index in [9.17, 15) is 19.2 Å². The van der Waals surface area contributed by atoms with Crippen LogP contribution in [-0.4, -0.2) is 59.6 Å². The van der Waals surface area contributed by atoms with Crippen LogP contribution in [0.25, 0.3) is 0 Å². The lowest BCUT2D eigenvalue weighted by molar-refractivity contribution is -0.145. The number of anilines is 2. The van der Waals surface area contributed by atoms with E-state index in [4.69, 9.17) is 14.2 Å². The summed E-state index contributed by atoms with van der Waals surface area (Å²) < 4.78 is 16.5. The van der Waals surface area contributed by atoms with Crippen molar-refractivity contribution >= 4 is 35.4 Å². The molecule has 11 heteroatoms. The number of hydrogen-bond donors (Lipinski definition) is 1. The summed E-state index contributed by atoms with van der Waals surface area (Å²) in [6, 6.07) is 25.0. The van der Waals surface area contributed by atoms with Gasteiger partial charge in [0, 0.05) is 25.2 Å². The van der Waals surface area contributed by atoms with Crippen molar-refractivity contribution in [3.05, 3.63) is 119 Å². The van der Waals surface area contributed by atoms with Crippen molar-refractivity contribution in [1.29, 1.82) is 0 Å². The zero-order valence-electron chi connectivity index (χ0n) is 29.9. The predicted molar refractivity (Wildman–Crippen MR) is 197 cm³/mol. The average molecular weight is 703 g/mol. The Hall–Kier alpha value is -6.15. The van der Waals surface area contributed by atoms with E-state index in [1.807, 2.05) is 48.5 Å². The number of nitrogens with zero attached hydrogens (tertiary/aromatic N) is 3. The number of amides is 3. The van der Waals surface area contributed by atoms with E-state index in [-0.39, 0.29) is 36.9 Å². The Kier molecular flexibility index (Phi) is 11.9. The first-order valence-corrected chi connectivity index (χ1v) is 17.0. The van der Waals surface area contributed by atoms with Crippen LogP contribution in [0, 0.1) is 11.8 Å². The van der Waals surface area contributed by atoms with Gasteiger partial charge in [-0.1, -0.05) is 72.5 Å². The number of carbonyl (C=O) groups excluding carboxylic acids is 4. The van der Waals surface area contributed by atoms with Crippen LogP contribution in [0.4, 0.5) is 16.3 Å². The van der Waals surface area contributed by atoms with Gasteiger partial charge in [-0.2, -0.15) is 0 Å². The number of pyridine rings is 1. The molecule has 4 aromatic rings. The van der Waals surface area contributed by atoms with Crippen LogP contribution in [0.5, 0.6) is 5.75 Å². The topological polar surface area (TPSA) is 127 Å². The van der Waals surface area contributed by atoms with Crippen LogP contribution in [0.1, 0.15) is 79.7 Å². The highest BCUT2D eigenvalue weighted by Gasteiger charge is 2.43. The number of carbonyl (C=O) groups is 4. The number of fused-ring (bicyclic) bond motifs is 1. The monoisotopic (exact) mass is 702 g/mol. The van der Waals surface area contributed by atoms with E-state index in [2.05, 4.69) is 22.1 Å². The van der Waals surface area contributed by atoms with Crippen LogP contribution >= 0.6 is 0 Å². The number of esters is 1. The summed E-state index contributed by atoms with van der Waals surface area (Å²) >= 11 is 0. The molecule has 0 saturated carbocycles. The standard InChI is InChI=1S/C41H42N4O7/c1-6-50-35(46)27-33(29-17-9-7-10-18-29)45-36(30-19-11-8-12-20-30)39(48)44(5)32-23-22-28(26-31(32)38(45)47)16-13-14-25-51-34-21-15-24-42-37(34)43-40(49)52-41(2,3)4/h7-12,15,17-24,26,33,36H,6,14,25,27H2,1-5H3,(H,42,43,49). The molecule has 2 atom stereocenters. The molecule has 2 heterocycles. The summed E-state index contributed by atoms with van der Waals surface area (Å²) in [4.78, 5) is 61.6. The second-order valence-electron chi connectivity index (χ2n) is 13.0. The molecule has 0 bridgehead atoms. The molecule has 3 aromatic carbocycles. The lowest BCUT2D eigenvalue weighted by Gasteiger charge is -2.37. The second kappa shape index (κ2) is 16.7. The Morgan fingerprint density at radius 1 is 0.962 bits per heavy atom. The molecule has 1 aliphatic rings. The van der Waals surface area contributed by atoms with Gasteiger partial charge in [0.2, 0.25) is 0 Å². The number of benzene rings is 3. The van der Waals surface area contributed by atoms with E-state index in [0.717, 1.165) is 0 Å². The van der Waals surface area contributed by atoms with Crippen molar-refractivity contribution in [2.45, 2.75) is 58.2 Å². The molecule has 11 nitrogen and oxygen atoms in total. The summed E-state index contributed by atoms with van der Waals surface area (Å²) in [5, 5.41) is 2.61. The molecule has 3 amide bonds. The quantitative estimate of drug-likeness (QED) is 0.105. The maximum Gasteiger partial charge on any atom is 0.413 e. The Balaban J connectivity index is 1.43. The van der Waals surface area contributed by atoms with Crippen molar-refractivity contribution in [3.63, 3.8) is 0 Å². The van der Waals surface area contributed by atoms with Crippen molar-refractivity contribution in [2.24, 2.45) is 0 Å². The zero-order valence-corrected chi connectivity index (χ0v) is 29.9. The molecule has 0 fully saturated rings. The molecule has 0 radical (unpaired) electrons. The van der Waals surface area contributed by atoms with Gasteiger partial charge in [-0.3, -0.25) is 19.7 Å². The molecule has 268 valence electrons. The second-order valence-corrected chi connectivity index (χ2v) is 13.0. The van der Waals surface area contributed by atoms with Gasteiger partial charge < -0.3 is 24.0 Å². The van der Waals surface area contributed by atoms with Gasteiger partial charge in [-0.25, -0.2) is 9.78 Å². The molecule has 2 unspecified atom stereocenters. The van der Waals surface area contributed by atoms with Crippen LogP contribution < -0.4 is 15.0 Å². The zero-order chi connectivity index (χ0) is 37.3. The number of rotatable bonds is 10. The lowest BCUT2D eigenvalue weighted by atomic mass is 9.95. The fourth-order valence-corrected chi connectivity index (χ4v) is 5.82. The van der Waals surface area contributed by atoms with E-state index in [1.54, 1.807) is 77.2 Å². The summed E-state index contributed by atoms with van der Waals surface area (Å²) in [6.07, 6.45) is 1.06. The molecular weight excluding hydrogens is 660 g/mol. The van der Waals surface area contributed by atoms with Gasteiger partial charge in [0.25, 0.3) is 11.8 Å². The van der Waals surface area contributed by atoms with Gasteiger partial charge >= 0.3 is 12.1 Å². The van der Waals surface area contributed by atoms with Crippen molar-refractivity contribution < 1.29 is 33.4 Å². The molecule has 0 aliphatic carbocycles. The van der Waals surface area contributed by atoms with Crippen molar-refractivity contribution in [2.75, 3.05) is 30.5 Å². The minimum atomic E-state index is -1.03. The Morgan fingerprint density at radius 2 is 1.67 bits per heavy atom. The third-order valence-electron chi connectivity index (χ3n) is 8.07. The number of aromatic nitrogens is 1. The number of nitrogens with one attached hydrogen (secondary N) is 1. The van der Waals surface area contributed by atoms with Gasteiger partial charge in [-0.05, 0) is 69.2 Å². The van der Waals surface area contributed by atoms with Gasteiger partial charge in [0.1, 0.15) is 11.6 Å². The number of ether oxygens (including phenoxy) is 3. The molecular formula is C41H42N4O7. The van der Waals surface area contributed by atoms with Crippen LogP contribution in [0.15, 0.2) is 97.2 Å². The normalized spacial score (nSPS) is 14.7. The van der Waals surface area contributed by atoms with Gasteiger partial charge in [0.05, 0.1) is 36.9 Å². The third kappa shape index (κ3) is 9.14. The summed E-state index contributed by atoms with van der Waals surface area (Å²) in [7, 11) is 1.64. The molecule has 1 N–H and O–H groups in total. The highest BCUT2D eigenvalue weighted by molar-refractivity contribution is 6.11. The Bertz CT molecular complexity index is 1970. The third-order valence-corrected chi connectivity index (χ3v) is 8.07. The van der Waals surface area contributed by atoms with Gasteiger partial charge in [-0.15, -0.1) is 0 Å². The molecule has 0 spiro atoms. The SMILES string of the molecule is CCOC(=O)CC(c1ccccc1)N1C(=O)c2cc(C#CCCOc3cccnc3NC(=O)OC(C)(C)C)ccc2N(C)C(=O)C1c1ccccc1. The lowest BCUT2D eigenvalue weighted by Crippen LogP contribution is -2.44. The van der Waals surface area contributed by atoms with E-state index >= 15 is 0 Å². The first-order chi connectivity index (χ1) is 25.0. The fourth-order valence-electron chi connectivity index (χ4n) is 5.82. The smallest absolute Gasteiger partial charge is 0.413 e. The molecule has 0 saturated heterocycles. The molecule has 52 heavy (non-hydrogen) atoms. The number of likely N-dealkylation sites (N-methyl/N-ethyl adjacent to an activating group) is 1. The largest absolute Gasteiger partial charge is 0.489 e. The Morgan fingerprint density at radius 3 is 2.37 bits per heavy atom. The Labute approximate surface area is 303 Å². The minimum absolute atomic E-state index is 0.148. The molecule has 5 rings (SSSR count). The summed E-state index contributed by atoms with van der Waals surface area (Å²) in [5.74, 6) is 5.54. The van der Waals surface area contributed by atoms with Crippen molar-refractivity contribution in [1.82, 2.24) is 9.88 Å². The van der Waals surface area contributed by atoms with E-state index in [0.29, 0.717) is 34.5 Å². The highest BCUT2D eigenvalue weighted by Crippen LogP contribution is 2.41. The minimum Gasteiger partial charge on any atom is -0.489 e. The average Bonchev–Trinajstić information content (AvgIpc) is 3.20. The van der Waals surface area contributed by atoms with Gasteiger partial charge in [0.15, 0.2) is 11.6 Å². The first kappa shape index (κ1) is 37.1. The van der Waals surface area contributed by atoms with Crippen LogP contribution in [-0.2, 0) is 19.1 Å². The molecule has 1 aromatic heterocycles. The fraction of sp³-hybridized carbons (Fsp3) is 0.293. The highest BCUT2D eigenvalue weighted by atomic mass is 16.6. The maximum atomic E-state index is 14.8. The maximum absolute atomic E-state index is 14.8. The summed E-state index contributed by atoms with van der Waals surface area (Å²) in [6.45, 7) is 7.41. The summed E-state index contributed by atoms with van der Waals surface area (Å²) in [5.41, 5.74) is 1.89. The van der Waals surface area contributed by atoms with Crippen LogP contribution in [0.2, 0.25) is 0 Å². The predicted octanol–water partition coefficient (Wildman–Crippen LogP) is 7.10. The van der Waals surface area contributed by atoms with Crippen molar-refractivity contribution in [3.8, 4) is 17.6 Å². The number of hydrogen-bond acceptors (Lipinski definition) is 8. The molecule has 1 aliphatic heterocycles. The van der Waals surface area contributed by atoms with Crippen LogP contribution in [0.3, 0.4) is 0 Å². The first-order valence-electron chi connectivity index (χ1n) is 17.0. The van der Waals surface area contributed by atoms with E-state index in [1.165, 1.54) is 16.0 Å².